The Morgan fingerprint density at radius 1 is 1.05 bits per heavy atom. The van der Waals surface area contributed by atoms with Crippen molar-refractivity contribution >= 4 is 11.8 Å². The minimum Gasteiger partial charge on any atom is -0.304 e. The van der Waals surface area contributed by atoms with Crippen molar-refractivity contribution in [3.05, 3.63) is 0 Å². The zero-order valence-electron chi connectivity index (χ0n) is 12.1. The number of nitrogens with one attached hydrogen (secondary N) is 1. The average Bonchev–Trinajstić information content (AvgIpc) is 3.13. The molecule has 0 aromatic heterocycles. The fourth-order valence-electron chi connectivity index (χ4n) is 3.76. The zero-order chi connectivity index (χ0) is 13.9. The molecule has 0 aromatic rings. The summed E-state index contributed by atoms with van der Waals surface area (Å²) >= 11 is 0. The fraction of sp³-hybridized carbons (Fsp3) is 0.867. The van der Waals surface area contributed by atoms with Gasteiger partial charge in [-0.15, -0.1) is 0 Å². The number of imide groups is 1. The monoisotopic (exact) mass is 279 g/mol. The smallest absolute Gasteiger partial charge is 0.247 e. The van der Waals surface area contributed by atoms with Gasteiger partial charge in [0.15, 0.2) is 0 Å². The van der Waals surface area contributed by atoms with Gasteiger partial charge < -0.3 is 10.2 Å². The van der Waals surface area contributed by atoms with Crippen LogP contribution in [0, 0.1) is 0 Å². The third kappa shape index (κ3) is 2.88. The fourth-order valence-corrected chi connectivity index (χ4v) is 3.76. The van der Waals surface area contributed by atoms with Gasteiger partial charge in [-0.2, -0.15) is 0 Å². The second-order valence-electron chi connectivity index (χ2n) is 6.30. The van der Waals surface area contributed by atoms with Crippen LogP contribution in [0.2, 0.25) is 0 Å². The molecule has 0 bridgehead atoms. The third-order valence-corrected chi connectivity index (χ3v) is 4.89. The van der Waals surface area contributed by atoms with Crippen molar-refractivity contribution in [1.82, 2.24) is 15.1 Å². The molecule has 0 radical (unpaired) electrons. The van der Waals surface area contributed by atoms with Crippen molar-refractivity contribution in [2.24, 2.45) is 0 Å². The molecule has 5 nitrogen and oxygen atoms in total. The molecule has 112 valence electrons. The van der Waals surface area contributed by atoms with E-state index in [0.29, 0.717) is 6.42 Å². The molecule has 3 aliphatic rings. The molecule has 3 fully saturated rings. The van der Waals surface area contributed by atoms with Crippen molar-refractivity contribution < 1.29 is 9.59 Å². The van der Waals surface area contributed by atoms with Crippen LogP contribution in [-0.4, -0.2) is 59.9 Å². The summed E-state index contributed by atoms with van der Waals surface area (Å²) in [5, 5.41) is 3.29. The van der Waals surface area contributed by atoms with E-state index in [1.807, 2.05) is 0 Å². The molecule has 1 unspecified atom stereocenters. The Bertz CT molecular complexity index is 373. The van der Waals surface area contributed by atoms with Crippen LogP contribution in [0.4, 0.5) is 0 Å². The van der Waals surface area contributed by atoms with Crippen molar-refractivity contribution in [1.29, 1.82) is 0 Å². The number of nitrogens with zero attached hydrogens (tertiary/aromatic N) is 2. The van der Waals surface area contributed by atoms with Crippen LogP contribution >= 0.6 is 0 Å². The van der Waals surface area contributed by atoms with Crippen LogP contribution in [-0.2, 0) is 9.59 Å². The van der Waals surface area contributed by atoms with Crippen molar-refractivity contribution in [2.45, 2.75) is 57.0 Å². The Labute approximate surface area is 120 Å². The normalized spacial score (nSPS) is 29.0. The predicted molar refractivity (Wildman–Crippen MR) is 76.2 cm³/mol. The van der Waals surface area contributed by atoms with Crippen LogP contribution in [0.1, 0.15) is 44.9 Å². The summed E-state index contributed by atoms with van der Waals surface area (Å²) in [5.41, 5.74) is 0. The van der Waals surface area contributed by atoms with Gasteiger partial charge in [0, 0.05) is 19.1 Å². The summed E-state index contributed by atoms with van der Waals surface area (Å²) in [5.74, 6) is 0.0453. The molecule has 20 heavy (non-hydrogen) atoms. The van der Waals surface area contributed by atoms with E-state index in [1.165, 1.54) is 25.9 Å². The van der Waals surface area contributed by atoms with Gasteiger partial charge in [0.2, 0.25) is 11.8 Å². The van der Waals surface area contributed by atoms with Crippen LogP contribution in [0.15, 0.2) is 0 Å². The third-order valence-electron chi connectivity index (χ3n) is 4.89. The molecule has 2 aliphatic heterocycles. The maximum absolute atomic E-state index is 12.4. The van der Waals surface area contributed by atoms with Crippen LogP contribution in [0.5, 0.6) is 0 Å². The molecule has 1 atom stereocenters. The molecule has 2 heterocycles. The first-order valence-electron chi connectivity index (χ1n) is 8.07. The SMILES string of the molecule is O=C1CC(NCCN2CCCC2)C(=O)N1C1CCCC1. The molecule has 5 heteroatoms. The number of hydrogen-bond acceptors (Lipinski definition) is 4. The summed E-state index contributed by atoms with van der Waals surface area (Å²) < 4.78 is 0. The van der Waals surface area contributed by atoms with Crippen molar-refractivity contribution in [3.63, 3.8) is 0 Å². The first-order chi connectivity index (χ1) is 9.75. The lowest BCUT2D eigenvalue weighted by Crippen LogP contribution is -2.44. The highest BCUT2D eigenvalue weighted by Gasteiger charge is 2.42. The van der Waals surface area contributed by atoms with Gasteiger partial charge in [-0.1, -0.05) is 12.8 Å². The highest BCUT2D eigenvalue weighted by atomic mass is 16.2. The number of likely N-dealkylation sites (tertiary alicyclic amines) is 2. The Morgan fingerprint density at radius 3 is 2.45 bits per heavy atom. The van der Waals surface area contributed by atoms with Gasteiger partial charge in [0.25, 0.3) is 0 Å². The summed E-state index contributed by atoms with van der Waals surface area (Å²) in [7, 11) is 0. The number of rotatable bonds is 5. The maximum atomic E-state index is 12.4. The van der Waals surface area contributed by atoms with Gasteiger partial charge in [0.05, 0.1) is 12.5 Å². The standard InChI is InChI=1S/C15H25N3O2/c19-14-11-13(16-7-10-17-8-3-4-9-17)15(20)18(14)12-5-1-2-6-12/h12-13,16H,1-11H2. The van der Waals surface area contributed by atoms with Gasteiger partial charge in [-0.3, -0.25) is 14.5 Å². The van der Waals surface area contributed by atoms with Crippen LogP contribution in [0.3, 0.4) is 0 Å². The van der Waals surface area contributed by atoms with Crippen LogP contribution in [0.25, 0.3) is 0 Å². The quantitative estimate of drug-likeness (QED) is 0.754. The van der Waals surface area contributed by atoms with E-state index in [1.54, 1.807) is 4.90 Å². The first-order valence-corrected chi connectivity index (χ1v) is 8.07. The van der Waals surface area contributed by atoms with Gasteiger partial charge in [-0.25, -0.2) is 0 Å². The summed E-state index contributed by atoms with van der Waals surface area (Å²) in [6.45, 7) is 4.14. The largest absolute Gasteiger partial charge is 0.304 e. The molecule has 1 N–H and O–H groups in total. The molecule has 1 aliphatic carbocycles. The average molecular weight is 279 g/mol. The summed E-state index contributed by atoms with van der Waals surface area (Å²) in [6.07, 6.45) is 7.22. The number of carbonyl (C=O) groups excluding carboxylic acids is 2. The molecule has 1 saturated carbocycles. The molecule has 0 spiro atoms. The predicted octanol–water partition coefficient (Wildman–Crippen LogP) is 0.742. The minimum absolute atomic E-state index is 0.0170. The van der Waals surface area contributed by atoms with Gasteiger partial charge >= 0.3 is 0 Å². The van der Waals surface area contributed by atoms with Crippen LogP contribution < -0.4 is 5.32 Å². The van der Waals surface area contributed by atoms with Crippen molar-refractivity contribution in [2.75, 3.05) is 26.2 Å². The van der Waals surface area contributed by atoms with E-state index in [4.69, 9.17) is 0 Å². The second-order valence-corrected chi connectivity index (χ2v) is 6.30. The van der Waals surface area contributed by atoms with E-state index in [9.17, 15) is 9.59 Å². The van der Waals surface area contributed by atoms with E-state index < -0.39 is 0 Å². The molecule has 2 amide bonds. The first kappa shape index (κ1) is 14.0. The lowest BCUT2D eigenvalue weighted by atomic mass is 10.2. The number of amides is 2. The Kier molecular flexibility index (Phi) is 4.36. The van der Waals surface area contributed by atoms with Gasteiger partial charge in [-0.05, 0) is 38.8 Å². The number of hydrogen-bond donors (Lipinski definition) is 1. The Hall–Kier alpha value is -0.940. The highest BCUT2D eigenvalue weighted by molar-refractivity contribution is 6.05. The van der Waals surface area contributed by atoms with E-state index in [0.717, 1.165) is 38.8 Å². The zero-order valence-corrected chi connectivity index (χ0v) is 12.1. The lowest BCUT2D eigenvalue weighted by molar-refractivity contribution is -0.141. The van der Waals surface area contributed by atoms with Gasteiger partial charge in [0.1, 0.15) is 0 Å². The molecule has 3 rings (SSSR count). The second kappa shape index (κ2) is 6.22. The topological polar surface area (TPSA) is 52.7 Å². The Morgan fingerprint density at radius 2 is 1.75 bits per heavy atom. The van der Waals surface area contributed by atoms with E-state index >= 15 is 0 Å². The number of carbonyl (C=O) groups is 2. The molecule has 0 aromatic carbocycles. The van der Waals surface area contributed by atoms with Crippen molar-refractivity contribution in [3.8, 4) is 0 Å². The molecule has 2 saturated heterocycles. The summed E-state index contributed by atoms with van der Waals surface area (Å²) in [4.78, 5) is 28.4. The molecular formula is C15H25N3O2. The highest BCUT2D eigenvalue weighted by Crippen LogP contribution is 2.28. The Balaban J connectivity index is 1.47. The molecular weight excluding hydrogens is 254 g/mol. The minimum atomic E-state index is -0.272. The van der Waals surface area contributed by atoms with E-state index in [2.05, 4.69) is 10.2 Å². The maximum Gasteiger partial charge on any atom is 0.247 e. The summed E-state index contributed by atoms with van der Waals surface area (Å²) in [6, 6.07) is -0.0916. The van der Waals surface area contributed by atoms with E-state index in [-0.39, 0.29) is 23.9 Å². The lowest BCUT2D eigenvalue weighted by Gasteiger charge is -2.22.